The van der Waals surface area contributed by atoms with Crippen molar-refractivity contribution >= 4 is 35.1 Å². The number of amidine groups is 1. The number of nitrogens with zero attached hydrogens (tertiary/aromatic N) is 6. The highest BCUT2D eigenvalue weighted by molar-refractivity contribution is 8.16. The SMILES string of the molecule is Cc1nn(CCC#N)c2c1P(=S)(N1CCCC1)N(C)C(c1ccccc1)=N2. The van der Waals surface area contributed by atoms with Crippen molar-refractivity contribution in [1.29, 1.82) is 5.26 Å². The van der Waals surface area contributed by atoms with E-state index in [9.17, 15) is 0 Å². The molecule has 2 aliphatic rings. The van der Waals surface area contributed by atoms with Crippen LogP contribution in [0.4, 0.5) is 5.82 Å². The molecule has 0 amide bonds. The number of benzene rings is 1. The topological polar surface area (TPSA) is 60.5 Å². The lowest BCUT2D eigenvalue weighted by Crippen LogP contribution is -2.40. The lowest BCUT2D eigenvalue weighted by atomic mass is 10.2. The van der Waals surface area contributed by atoms with Gasteiger partial charge in [-0.05, 0) is 19.8 Å². The van der Waals surface area contributed by atoms with Crippen LogP contribution >= 0.6 is 6.34 Å². The fourth-order valence-corrected chi connectivity index (χ4v) is 8.38. The Labute approximate surface area is 165 Å². The fourth-order valence-electron chi connectivity index (χ4n) is 3.92. The molecule has 1 saturated heterocycles. The van der Waals surface area contributed by atoms with Crippen molar-refractivity contribution in [1.82, 2.24) is 19.1 Å². The number of hydrogen-bond acceptors (Lipinski definition) is 4. The summed E-state index contributed by atoms with van der Waals surface area (Å²) in [7, 11) is 2.08. The van der Waals surface area contributed by atoms with Gasteiger partial charge >= 0.3 is 0 Å². The van der Waals surface area contributed by atoms with Crippen molar-refractivity contribution in [2.45, 2.75) is 32.7 Å². The summed E-state index contributed by atoms with van der Waals surface area (Å²) in [5, 5.41) is 14.9. The van der Waals surface area contributed by atoms with Crippen molar-refractivity contribution in [2.24, 2.45) is 4.99 Å². The van der Waals surface area contributed by atoms with E-state index in [1.54, 1.807) is 0 Å². The standard InChI is InChI=1S/C19H23N6PS/c1-15-17-19(25(22-15)14-8-11-20)21-18(16-9-4-3-5-10-16)23(2)26(17,27)24-12-6-7-13-24/h3-5,9-10H,6-8,12-14H2,1-2H3. The molecular weight excluding hydrogens is 375 g/mol. The van der Waals surface area contributed by atoms with Crippen LogP contribution in [0.5, 0.6) is 0 Å². The average Bonchev–Trinajstić information content (AvgIpc) is 3.32. The van der Waals surface area contributed by atoms with E-state index in [1.165, 1.54) is 12.8 Å². The monoisotopic (exact) mass is 398 g/mol. The van der Waals surface area contributed by atoms with Gasteiger partial charge in [0.25, 0.3) is 0 Å². The number of aryl methyl sites for hydroxylation is 2. The van der Waals surface area contributed by atoms with Gasteiger partial charge in [0, 0.05) is 25.7 Å². The molecule has 0 saturated carbocycles. The molecule has 8 heteroatoms. The highest BCUT2D eigenvalue weighted by atomic mass is 32.4. The molecule has 2 aliphatic heterocycles. The van der Waals surface area contributed by atoms with Crippen LogP contribution in [0.15, 0.2) is 35.3 Å². The van der Waals surface area contributed by atoms with E-state index < -0.39 is 6.34 Å². The lowest BCUT2D eigenvalue weighted by Gasteiger charge is -2.42. The predicted octanol–water partition coefficient (Wildman–Crippen LogP) is 3.16. The highest BCUT2D eigenvalue weighted by Crippen LogP contribution is 2.58. The molecular formula is C19H23N6PS. The maximum Gasteiger partial charge on any atom is 0.164 e. The first-order chi connectivity index (χ1) is 13.1. The largest absolute Gasteiger partial charge is 0.316 e. The second kappa shape index (κ2) is 7.20. The molecule has 0 bridgehead atoms. The number of rotatable bonds is 4. The zero-order valence-electron chi connectivity index (χ0n) is 15.7. The molecule has 0 radical (unpaired) electrons. The van der Waals surface area contributed by atoms with Crippen LogP contribution in [0, 0.1) is 18.3 Å². The minimum Gasteiger partial charge on any atom is -0.316 e. The van der Waals surface area contributed by atoms with E-state index in [-0.39, 0.29) is 0 Å². The molecule has 140 valence electrons. The Kier molecular flexibility index (Phi) is 4.90. The van der Waals surface area contributed by atoms with Crippen LogP contribution < -0.4 is 5.30 Å². The smallest absolute Gasteiger partial charge is 0.164 e. The van der Waals surface area contributed by atoms with E-state index >= 15 is 0 Å². The van der Waals surface area contributed by atoms with Gasteiger partial charge in [-0.15, -0.1) is 0 Å². The zero-order chi connectivity index (χ0) is 19.0. The van der Waals surface area contributed by atoms with Crippen molar-refractivity contribution in [3.8, 4) is 6.07 Å². The van der Waals surface area contributed by atoms with Crippen LogP contribution in [0.1, 0.15) is 30.5 Å². The van der Waals surface area contributed by atoms with E-state index in [1.807, 2.05) is 29.8 Å². The molecule has 0 spiro atoms. The normalized spacial score (nSPS) is 22.4. The van der Waals surface area contributed by atoms with Crippen LogP contribution in [-0.4, -0.2) is 45.1 Å². The van der Waals surface area contributed by atoms with Gasteiger partial charge in [0.05, 0.1) is 30.0 Å². The molecule has 0 aliphatic carbocycles. The number of aliphatic imine (C=N–C) groups is 1. The Balaban J connectivity index is 1.94. The van der Waals surface area contributed by atoms with Gasteiger partial charge in [0.1, 0.15) is 12.2 Å². The highest BCUT2D eigenvalue weighted by Gasteiger charge is 2.43. The maximum absolute atomic E-state index is 9.03. The second-order valence-corrected chi connectivity index (χ2v) is 11.1. The van der Waals surface area contributed by atoms with E-state index in [2.05, 4.69) is 34.6 Å². The predicted molar refractivity (Wildman–Crippen MR) is 112 cm³/mol. The lowest BCUT2D eigenvalue weighted by molar-refractivity contribution is 0.538. The average molecular weight is 398 g/mol. The minimum atomic E-state index is -2.21. The molecule has 1 aromatic carbocycles. The van der Waals surface area contributed by atoms with E-state index in [0.717, 1.165) is 41.3 Å². The van der Waals surface area contributed by atoms with E-state index in [4.69, 9.17) is 27.2 Å². The van der Waals surface area contributed by atoms with Crippen molar-refractivity contribution < 1.29 is 0 Å². The molecule has 1 atom stereocenters. The van der Waals surface area contributed by atoms with Gasteiger partial charge in [0.2, 0.25) is 0 Å². The van der Waals surface area contributed by atoms with Gasteiger partial charge in [-0.2, -0.15) is 10.4 Å². The van der Waals surface area contributed by atoms with Crippen molar-refractivity contribution in [3.63, 3.8) is 0 Å². The third kappa shape index (κ3) is 2.93. The Hall–Kier alpha value is -2.00. The molecule has 3 heterocycles. The summed E-state index contributed by atoms with van der Waals surface area (Å²) in [4.78, 5) is 5.01. The summed E-state index contributed by atoms with van der Waals surface area (Å²) >= 11 is 6.45. The van der Waals surface area contributed by atoms with Gasteiger partial charge in [0.15, 0.2) is 5.82 Å². The van der Waals surface area contributed by atoms with Gasteiger partial charge in [-0.3, -0.25) is 4.67 Å². The Morgan fingerprint density at radius 1 is 1.22 bits per heavy atom. The molecule has 1 unspecified atom stereocenters. The first kappa shape index (κ1) is 18.4. The summed E-state index contributed by atoms with van der Waals surface area (Å²) < 4.78 is 6.58. The Bertz CT molecular complexity index is 968. The molecule has 2 aromatic rings. The number of nitriles is 1. The Morgan fingerprint density at radius 3 is 2.59 bits per heavy atom. The first-order valence-electron chi connectivity index (χ1n) is 9.26. The van der Waals surface area contributed by atoms with Crippen LogP contribution in [0.3, 0.4) is 0 Å². The summed E-state index contributed by atoms with van der Waals surface area (Å²) in [5.74, 6) is 1.74. The molecule has 1 fully saturated rings. The maximum atomic E-state index is 9.03. The number of fused-ring (bicyclic) bond motifs is 1. The quantitative estimate of drug-likeness (QED) is 0.741. The second-order valence-electron chi connectivity index (χ2n) is 6.92. The Morgan fingerprint density at radius 2 is 1.93 bits per heavy atom. The molecule has 27 heavy (non-hydrogen) atoms. The van der Waals surface area contributed by atoms with E-state index in [0.29, 0.717) is 13.0 Å². The fraction of sp³-hybridized carbons (Fsp3) is 0.421. The molecule has 1 aromatic heterocycles. The van der Waals surface area contributed by atoms with Gasteiger partial charge in [-0.25, -0.2) is 9.67 Å². The third-order valence-corrected chi connectivity index (χ3v) is 10.5. The van der Waals surface area contributed by atoms with Crippen molar-refractivity contribution in [3.05, 3.63) is 41.6 Å². The number of aromatic nitrogens is 2. The summed E-state index contributed by atoms with van der Waals surface area (Å²) in [6.07, 6.45) is 0.562. The first-order valence-corrected chi connectivity index (χ1v) is 12.0. The molecule has 6 nitrogen and oxygen atoms in total. The van der Waals surface area contributed by atoms with Crippen LogP contribution in [0.2, 0.25) is 0 Å². The van der Waals surface area contributed by atoms with Gasteiger partial charge in [-0.1, -0.05) is 42.1 Å². The van der Waals surface area contributed by atoms with Gasteiger partial charge < -0.3 is 4.67 Å². The minimum absolute atomic E-state index is 0.409. The summed E-state index contributed by atoms with van der Waals surface area (Å²) in [5.41, 5.74) is 2.01. The number of hydrogen-bond donors (Lipinski definition) is 0. The molecule has 0 N–H and O–H groups in total. The zero-order valence-corrected chi connectivity index (χ0v) is 17.4. The summed E-state index contributed by atoms with van der Waals surface area (Å²) in [6, 6.07) is 12.4. The van der Waals surface area contributed by atoms with Crippen LogP contribution in [0.25, 0.3) is 0 Å². The summed E-state index contributed by atoms with van der Waals surface area (Å²) in [6.45, 7) is 4.60. The molecule has 4 rings (SSSR count). The van der Waals surface area contributed by atoms with Crippen LogP contribution in [-0.2, 0) is 18.4 Å². The third-order valence-electron chi connectivity index (χ3n) is 5.22. The van der Waals surface area contributed by atoms with Crippen molar-refractivity contribution in [2.75, 3.05) is 20.1 Å².